The van der Waals surface area contributed by atoms with Gasteiger partial charge in [-0.25, -0.2) is 0 Å². The van der Waals surface area contributed by atoms with Crippen molar-refractivity contribution in [2.75, 3.05) is 17.7 Å². The van der Waals surface area contributed by atoms with Crippen LogP contribution in [-0.2, 0) is 0 Å². The zero-order valence-corrected chi connectivity index (χ0v) is 11.5. The van der Waals surface area contributed by atoms with Crippen LogP contribution < -0.4 is 15.4 Å². The molecule has 19 heavy (non-hydrogen) atoms. The van der Waals surface area contributed by atoms with Gasteiger partial charge in [0.2, 0.25) is 0 Å². The topological polar surface area (TPSA) is 46.2 Å². The van der Waals surface area contributed by atoms with Crippen molar-refractivity contribution in [3.05, 3.63) is 42.7 Å². The van der Waals surface area contributed by atoms with Crippen LogP contribution in [0.25, 0.3) is 0 Å². The first-order valence-electron chi connectivity index (χ1n) is 6.34. The molecule has 0 aliphatic carbocycles. The van der Waals surface area contributed by atoms with Crippen LogP contribution in [0.1, 0.15) is 13.8 Å². The summed E-state index contributed by atoms with van der Waals surface area (Å²) in [6.07, 6.45) is 3.76. The van der Waals surface area contributed by atoms with E-state index in [1.54, 1.807) is 12.4 Å². The third-order valence-electron chi connectivity index (χ3n) is 2.54. The summed E-state index contributed by atoms with van der Waals surface area (Å²) in [5.74, 6) is 0.877. The van der Waals surface area contributed by atoms with Crippen LogP contribution >= 0.6 is 0 Å². The van der Waals surface area contributed by atoms with E-state index in [4.69, 9.17) is 4.74 Å². The second kappa shape index (κ2) is 6.09. The highest BCUT2D eigenvalue weighted by molar-refractivity contribution is 5.63. The lowest BCUT2D eigenvalue weighted by Crippen LogP contribution is -2.05. The monoisotopic (exact) mass is 257 g/mol. The van der Waals surface area contributed by atoms with Crippen molar-refractivity contribution in [2.24, 2.45) is 0 Å². The third-order valence-corrected chi connectivity index (χ3v) is 2.54. The Bertz CT molecular complexity index is 523. The molecule has 1 aromatic heterocycles. The van der Waals surface area contributed by atoms with Crippen LogP contribution in [0.4, 0.5) is 17.1 Å². The highest BCUT2D eigenvalue weighted by atomic mass is 16.5. The molecule has 0 fully saturated rings. The molecule has 0 bridgehead atoms. The van der Waals surface area contributed by atoms with Crippen LogP contribution in [0.2, 0.25) is 0 Å². The summed E-state index contributed by atoms with van der Waals surface area (Å²) in [5.41, 5.74) is 2.93. The van der Waals surface area contributed by atoms with E-state index in [0.717, 1.165) is 22.8 Å². The van der Waals surface area contributed by atoms with Crippen molar-refractivity contribution in [1.82, 2.24) is 4.98 Å². The van der Waals surface area contributed by atoms with E-state index in [9.17, 15) is 0 Å². The van der Waals surface area contributed by atoms with E-state index >= 15 is 0 Å². The van der Waals surface area contributed by atoms with Crippen molar-refractivity contribution in [3.63, 3.8) is 0 Å². The Labute approximate surface area is 113 Å². The van der Waals surface area contributed by atoms with Crippen molar-refractivity contribution in [3.8, 4) is 5.75 Å². The van der Waals surface area contributed by atoms with Gasteiger partial charge in [0.1, 0.15) is 5.75 Å². The van der Waals surface area contributed by atoms with Gasteiger partial charge in [-0.15, -0.1) is 0 Å². The number of nitrogens with zero attached hydrogens (tertiary/aromatic N) is 1. The Morgan fingerprint density at radius 3 is 2.32 bits per heavy atom. The summed E-state index contributed by atoms with van der Waals surface area (Å²) in [6.45, 7) is 4.03. The van der Waals surface area contributed by atoms with E-state index in [1.807, 2.05) is 51.2 Å². The second-order valence-electron chi connectivity index (χ2n) is 4.53. The fourth-order valence-electron chi connectivity index (χ4n) is 1.70. The molecule has 0 spiro atoms. The number of rotatable bonds is 5. The average molecular weight is 257 g/mol. The number of nitrogens with one attached hydrogen (secondary N) is 2. The smallest absolute Gasteiger partial charge is 0.119 e. The predicted octanol–water partition coefficient (Wildman–Crippen LogP) is 3.65. The fourth-order valence-corrected chi connectivity index (χ4v) is 1.70. The van der Waals surface area contributed by atoms with Crippen molar-refractivity contribution in [1.29, 1.82) is 0 Å². The first-order chi connectivity index (χ1) is 9.17. The maximum atomic E-state index is 5.61. The number of ether oxygens (including phenoxy) is 1. The summed E-state index contributed by atoms with van der Waals surface area (Å²) >= 11 is 0. The molecule has 1 aromatic carbocycles. The van der Waals surface area contributed by atoms with E-state index in [2.05, 4.69) is 15.6 Å². The summed E-state index contributed by atoms with van der Waals surface area (Å²) < 4.78 is 5.61. The summed E-state index contributed by atoms with van der Waals surface area (Å²) in [5, 5.41) is 6.36. The summed E-state index contributed by atoms with van der Waals surface area (Å²) in [7, 11) is 1.87. The van der Waals surface area contributed by atoms with Gasteiger partial charge in [-0.2, -0.15) is 0 Å². The number of aromatic nitrogens is 1. The lowest BCUT2D eigenvalue weighted by Gasteiger charge is -2.11. The Morgan fingerprint density at radius 1 is 1.00 bits per heavy atom. The number of pyridine rings is 1. The van der Waals surface area contributed by atoms with E-state index in [1.165, 1.54) is 0 Å². The highest BCUT2D eigenvalue weighted by Crippen LogP contribution is 2.21. The first kappa shape index (κ1) is 13.2. The van der Waals surface area contributed by atoms with Gasteiger partial charge in [-0.3, -0.25) is 4.98 Å². The number of benzene rings is 1. The quantitative estimate of drug-likeness (QED) is 0.858. The standard InChI is InChI=1S/C15H19N3O/c1-11(2)19-15-6-4-12(5-7-15)18-14-8-13(16-3)9-17-10-14/h4-11,16,18H,1-3H3. The zero-order valence-electron chi connectivity index (χ0n) is 11.5. The zero-order chi connectivity index (χ0) is 13.7. The predicted molar refractivity (Wildman–Crippen MR) is 79.3 cm³/mol. The van der Waals surface area contributed by atoms with Gasteiger partial charge < -0.3 is 15.4 Å². The Kier molecular flexibility index (Phi) is 4.23. The van der Waals surface area contributed by atoms with Gasteiger partial charge in [0.05, 0.1) is 29.9 Å². The van der Waals surface area contributed by atoms with Gasteiger partial charge in [0, 0.05) is 12.7 Å². The SMILES string of the molecule is CNc1cncc(Nc2ccc(OC(C)C)cc2)c1. The molecule has 2 N–H and O–H groups in total. The summed E-state index contributed by atoms with van der Waals surface area (Å²) in [4.78, 5) is 4.16. The van der Waals surface area contributed by atoms with Crippen LogP contribution in [0.15, 0.2) is 42.7 Å². The number of anilines is 3. The van der Waals surface area contributed by atoms with E-state index in [0.29, 0.717) is 0 Å². The van der Waals surface area contributed by atoms with Crippen LogP contribution in [0.5, 0.6) is 5.75 Å². The van der Waals surface area contributed by atoms with Gasteiger partial charge in [-0.05, 0) is 44.2 Å². The van der Waals surface area contributed by atoms with Crippen LogP contribution in [-0.4, -0.2) is 18.1 Å². The lowest BCUT2D eigenvalue weighted by atomic mass is 10.3. The molecule has 4 heteroatoms. The Morgan fingerprint density at radius 2 is 1.68 bits per heavy atom. The molecular weight excluding hydrogens is 238 g/mol. The van der Waals surface area contributed by atoms with Crippen LogP contribution in [0, 0.1) is 0 Å². The Balaban J connectivity index is 2.06. The molecule has 100 valence electrons. The third kappa shape index (κ3) is 3.88. The molecule has 0 radical (unpaired) electrons. The molecule has 2 rings (SSSR count). The molecule has 1 heterocycles. The molecule has 4 nitrogen and oxygen atoms in total. The van der Waals surface area contributed by atoms with Crippen molar-refractivity contribution < 1.29 is 4.74 Å². The van der Waals surface area contributed by atoms with E-state index < -0.39 is 0 Å². The minimum atomic E-state index is 0.190. The number of hydrogen-bond donors (Lipinski definition) is 2. The van der Waals surface area contributed by atoms with Gasteiger partial charge in [0.25, 0.3) is 0 Å². The Hall–Kier alpha value is -2.23. The molecule has 0 aliphatic rings. The maximum absolute atomic E-state index is 5.61. The number of hydrogen-bond acceptors (Lipinski definition) is 4. The lowest BCUT2D eigenvalue weighted by molar-refractivity contribution is 0.242. The van der Waals surface area contributed by atoms with E-state index in [-0.39, 0.29) is 6.10 Å². The molecule has 0 saturated heterocycles. The minimum absolute atomic E-state index is 0.190. The summed E-state index contributed by atoms with van der Waals surface area (Å²) in [6, 6.07) is 9.90. The fraction of sp³-hybridized carbons (Fsp3) is 0.267. The molecule has 0 unspecified atom stereocenters. The van der Waals surface area contributed by atoms with Gasteiger partial charge in [0.15, 0.2) is 0 Å². The first-order valence-corrected chi connectivity index (χ1v) is 6.34. The second-order valence-corrected chi connectivity index (χ2v) is 4.53. The molecule has 0 saturated carbocycles. The molecule has 0 aliphatic heterocycles. The maximum Gasteiger partial charge on any atom is 0.119 e. The van der Waals surface area contributed by atoms with Gasteiger partial charge in [-0.1, -0.05) is 0 Å². The highest BCUT2D eigenvalue weighted by Gasteiger charge is 1.99. The molecule has 0 atom stereocenters. The molecule has 0 amide bonds. The van der Waals surface area contributed by atoms with Crippen molar-refractivity contribution >= 4 is 17.1 Å². The average Bonchev–Trinajstić information content (AvgIpc) is 2.41. The molecule has 2 aromatic rings. The molecular formula is C15H19N3O. The van der Waals surface area contributed by atoms with Gasteiger partial charge >= 0.3 is 0 Å². The largest absolute Gasteiger partial charge is 0.491 e. The van der Waals surface area contributed by atoms with Crippen molar-refractivity contribution in [2.45, 2.75) is 20.0 Å². The van der Waals surface area contributed by atoms with Crippen LogP contribution in [0.3, 0.4) is 0 Å². The normalized spacial score (nSPS) is 10.3. The minimum Gasteiger partial charge on any atom is -0.491 e.